The Hall–Kier alpha value is -2.10. The van der Waals surface area contributed by atoms with Gasteiger partial charge in [-0.05, 0) is 32.4 Å². The number of hydrogen-bond acceptors (Lipinski definition) is 4. The fourth-order valence-electron chi connectivity index (χ4n) is 1.72. The Morgan fingerprint density at radius 1 is 1.06 bits per heavy atom. The third kappa shape index (κ3) is 2.72. The van der Waals surface area contributed by atoms with Crippen molar-refractivity contribution in [1.82, 2.24) is 9.97 Å². The van der Waals surface area contributed by atoms with Gasteiger partial charge in [-0.15, -0.1) is 0 Å². The largest absolute Gasteiger partial charge is 0.384 e. The van der Waals surface area contributed by atoms with Crippen LogP contribution in [0.2, 0.25) is 0 Å². The minimum absolute atomic E-state index is 0.477. The summed E-state index contributed by atoms with van der Waals surface area (Å²) in [6.45, 7) is 6.01. The fraction of sp³-hybridized carbons (Fsp3) is 0.231. The topological polar surface area (TPSA) is 63.8 Å². The first-order chi connectivity index (χ1) is 8.04. The quantitative estimate of drug-likeness (QED) is 0.829. The summed E-state index contributed by atoms with van der Waals surface area (Å²) in [5.74, 6) is 1.01. The van der Waals surface area contributed by atoms with Crippen molar-refractivity contribution in [2.45, 2.75) is 20.8 Å². The Bertz CT molecular complexity index is 529. The molecule has 4 heteroatoms. The van der Waals surface area contributed by atoms with Gasteiger partial charge in [-0.25, -0.2) is 4.98 Å². The van der Waals surface area contributed by atoms with Crippen LogP contribution in [0.3, 0.4) is 0 Å². The standard InChI is InChI=1S/C13H16N4/c1-8-4-5-11(9(2)6-8)16-13-15-10(3)7-12(14)17-13/h4-7H,1-3H3,(H3,14,15,16,17). The first-order valence-electron chi connectivity index (χ1n) is 5.50. The summed E-state index contributed by atoms with van der Waals surface area (Å²) in [5.41, 5.74) is 9.93. The molecule has 0 amide bonds. The predicted molar refractivity (Wildman–Crippen MR) is 70.4 cm³/mol. The average Bonchev–Trinajstić information content (AvgIpc) is 2.21. The summed E-state index contributed by atoms with van der Waals surface area (Å²) >= 11 is 0. The number of nitrogens with two attached hydrogens (primary N) is 1. The van der Waals surface area contributed by atoms with Crippen LogP contribution < -0.4 is 11.1 Å². The molecule has 4 nitrogen and oxygen atoms in total. The van der Waals surface area contributed by atoms with Crippen molar-refractivity contribution in [3.8, 4) is 0 Å². The summed E-state index contributed by atoms with van der Waals surface area (Å²) in [6, 6.07) is 7.93. The minimum atomic E-state index is 0.477. The highest BCUT2D eigenvalue weighted by molar-refractivity contribution is 5.59. The van der Waals surface area contributed by atoms with Crippen LogP contribution in [-0.4, -0.2) is 9.97 Å². The lowest BCUT2D eigenvalue weighted by Gasteiger charge is -2.09. The maximum Gasteiger partial charge on any atom is 0.229 e. The second kappa shape index (κ2) is 4.41. The molecule has 17 heavy (non-hydrogen) atoms. The van der Waals surface area contributed by atoms with Crippen LogP contribution in [0.5, 0.6) is 0 Å². The number of nitrogens with one attached hydrogen (secondary N) is 1. The molecule has 0 saturated heterocycles. The zero-order valence-electron chi connectivity index (χ0n) is 10.3. The number of nitrogens with zero attached hydrogens (tertiary/aromatic N) is 2. The third-order valence-electron chi connectivity index (χ3n) is 2.50. The van der Waals surface area contributed by atoms with Crippen LogP contribution in [-0.2, 0) is 0 Å². The number of aryl methyl sites for hydroxylation is 3. The lowest BCUT2D eigenvalue weighted by Crippen LogP contribution is -2.02. The first kappa shape index (κ1) is 11.4. The maximum absolute atomic E-state index is 5.68. The van der Waals surface area contributed by atoms with Crippen molar-refractivity contribution in [2.75, 3.05) is 11.1 Å². The van der Waals surface area contributed by atoms with E-state index in [1.165, 1.54) is 5.56 Å². The van der Waals surface area contributed by atoms with Gasteiger partial charge in [0.1, 0.15) is 5.82 Å². The molecule has 0 bridgehead atoms. The number of aromatic nitrogens is 2. The Morgan fingerprint density at radius 2 is 1.82 bits per heavy atom. The van der Waals surface area contributed by atoms with Crippen molar-refractivity contribution >= 4 is 17.5 Å². The van der Waals surface area contributed by atoms with Crippen molar-refractivity contribution in [3.63, 3.8) is 0 Å². The van der Waals surface area contributed by atoms with Gasteiger partial charge >= 0.3 is 0 Å². The van der Waals surface area contributed by atoms with Crippen LogP contribution >= 0.6 is 0 Å². The molecule has 0 spiro atoms. The van der Waals surface area contributed by atoms with E-state index in [0.29, 0.717) is 11.8 Å². The second-order valence-corrected chi connectivity index (χ2v) is 4.20. The zero-order chi connectivity index (χ0) is 12.4. The lowest BCUT2D eigenvalue weighted by molar-refractivity contribution is 1.11. The monoisotopic (exact) mass is 228 g/mol. The van der Waals surface area contributed by atoms with Crippen molar-refractivity contribution in [2.24, 2.45) is 0 Å². The summed E-state index contributed by atoms with van der Waals surface area (Å²) in [5, 5.41) is 3.18. The van der Waals surface area contributed by atoms with E-state index in [-0.39, 0.29) is 0 Å². The van der Waals surface area contributed by atoms with E-state index in [2.05, 4.69) is 41.3 Å². The molecule has 1 heterocycles. The van der Waals surface area contributed by atoms with Crippen molar-refractivity contribution in [3.05, 3.63) is 41.1 Å². The highest BCUT2D eigenvalue weighted by atomic mass is 15.1. The van der Waals surface area contributed by atoms with Gasteiger partial charge in [0, 0.05) is 17.4 Å². The molecule has 0 aliphatic rings. The minimum Gasteiger partial charge on any atom is -0.384 e. The van der Waals surface area contributed by atoms with Crippen molar-refractivity contribution in [1.29, 1.82) is 0 Å². The third-order valence-corrected chi connectivity index (χ3v) is 2.50. The molecule has 0 atom stereocenters. The second-order valence-electron chi connectivity index (χ2n) is 4.20. The summed E-state index contributed by atoms with van der Waals surface area (Å²) in [4.78, 5) is 8.44. The molecule has 0 saturated carbocycles. The van der Waals surface area contributed by atoms with Gasteiger partial charge in [0.15, 0.2) is 0 Å². The van der Waals surface area contributed by atoms with Gasteiger partial charge < -0.3 is 11.1 Å². The summed E-state index contributed by atoms with van der Waals surface area (Å²) in [6.07, 6.45) is 0. The molecular formula is C13H16N4. The Morgan fingerprint density at radius 3 is 2.47 bits per heavy atom. The molecule has 88 valence electrons. The van der Waals surface area contributed by atoms with Crippen LogP contribution in [0.15, 0.2) is 24.3 Å². The molecule has 3 N–H and O–H groups in total. The molecule has 2 rings (SSSR count). The van der Waals surface area contributed by atoms with Gasteiger partial charge in [-0.3, -0.25) is 0 Å². The van der Waals surface area contributed by atoms with Crippen LogP contribution in [0.25, 0.3) is 0 Å². The van der Waals surface area contributed by atoms with E-state index >= 15 is 0 Å². The molecule has 0 aliphatic heterocycles. The molecule has 0 fully saturated rings. The molecule has 0 aliphatic carbocycles. The Balaban J connectivity index is 2.31. The van der Waals surface area contributed by atoms with Gasteiger partial charge in [0.05, 0.1) is 0 Å². The first-order valence-corrected chi connectivity index (χ1v) is 5.50. The molecule has 1 aromatic carbocycles. The molecular weight excluding hydrogens is 212 g/mol. The average molecular weight is 228 g/mol. The smallest absolute Gasteiger partial charge is 0.229 e. The van der Waals surface area contributed by atoms with E-state index in [9.17, 15) is 0 Å². The fourth-order valence-corrected chi connectivity index (χ4v) is 1.72. The maximum atomic E-state index is 5.68. The molecule has 1 aromatic heterocycles. The number of hydrogen-bond donors (Lipinski definition) is 2. The van der Waals surface area contributed by atoms with E-state index in [1.807, 2.05) is 13.0 Å². The predicted octanol–water partition coefficient (Wildman–Crippen LogP) is 2.73. The van der Waals surface area contributed by atoms with E-state index in [4.69, 9.17) is 5.73 Å². The van der Waals surface area contributed by atoms with E-state index < -0.39 is 0 Å². The van der Waals surface area contributed by atoms with E-state index in [1.54, 1.807) is 6.07 Å². The van der Waals surface area contributed by atoms with Gasteiger partial charge in [0.25, 0.3) is 0 Å². The highest BCUT2D eigenvalue weighted by Gasteiger charge is 2.03. The molecule has 2 aromatic rings. The molecule has 0 radical (unpaired) electrons. The highest BCUT2D eigenvalue weighted by Crippen LogP contribution is 2.19. The number of benzene rings is 1. The van der Waals surface area contributed by atoms with Gasteiger partial charge in [-0.1, -0.05) is 17.7 Å². The van der Waals surface area contributed by atoms with Gasteiger partial charge in [-0.2, -0.15) is 4.98 Å². The summed E-state index contributed by atoms with van der Waals surface area (Å²) < 4.78 is 0. The lowest BCUT2D eigenvalue weighted by atomic mass is 10.1. The number of nitrogen functional groups attached to an aromatic ring is 1. The van der Waals surface area contributed by atoms with Crippen molar-refractivity contribution < 1.29 is 0 Å². The Kier molecular flexibility index (Phi) is 2.95. The van der Waals surface area contributed by atoms with Crippen LogP contribution in [0.4, 0.5) is 17.5 Å². The summed E-state index contributed by atoms with van der Waals surface area (Å²) in [7, 11) is 0. The van der Waals surface area contributed by atoms with Gasteiger partial charge in [0.2, 0.25) is 5.95 Å². The molecule has 0 unspecified atom stereocenters. The zero-order valence-corrected chi connectivity index (χ0v) is 10.3. The Labute approximate surface area is 101 Å². The SMILES string of the molecule is Cc1ccc(Nc2nc(C)cc(N)n2)c(C)c1. The van der Waals surface area contributed by atoms with Crippen LogP contribution in [0, 0.1) is 20.8 Å². The number of rotatable bonds is 2. The normalized spacial score (nSPS) is 10.3. The number of anilines is 3. The van der Waals surface area contributed by atoms with Crippen LogP contribution in [0.1, 0.15) is 16.8 Å². The van der Waals surface area contributed by atoms with E-state index in [0.717, 1.165) is 16.9 Å².